The van der Waals surface area contributed by atoms with Gasteiger partial charge >= 0.3 is 0 Å². The maximum Gasteiger partial charge on any atom is 0.234 e. The Morgan fingerprint density at radius 2 is 1.83 bits per heavy atom. The molecule has 0 saturated heterocycles. The predicted molar refractivity (Wildman–Crippen MR) is 118 cm³/mol. The molecule has 3 aromatic rings. The molecule has 0 radical (unpaired) electrons. The summed E-state index contributed by atoms with van der Waals surface area (Å²) >= 11 is 7.21. The molecule has 1 amide bonds. The van der Waals surface area contributed by atoms with Crippen molar-refractivity contribution < 1.29 is 13.2 Å². The van der Waals surface area contributed by atoms with Gasteiger partial charge in [0.2, 0.25) is 5.91 Å². The molecule has 30 heavy (non-hydrogen) atoms. The molecule has 0 aliphatic rings. The molecule has 0 bridgehead atoms. The number of hydrogen-bond acceptors (Lipinski definition) is 6. The van der Waals surface area contributed by atoms with Crippen molar-refractivity contribution in [1.82, 2.24) is 14.8 Å². The van der Waals surface area contributed by atoms with Gasteiger partial charge in [0.1, 0.15) is 11.6 Å². The fraction of sp³-hybridized carbons (Fsp3) is 0.150. The maximum atomic E-state index is 12.7. The fourth-order valence-corrected chi connectivity index (χ4v) is 4.85. The van der Waals surface area contributed by atoms with E-state index in [0.29, 0.717) is 22.4 Å². The standard InChI is InChI=1S/C20H19ClN4O3S2/c1-2-12-25-18(14-30(27,28)15-8-4-3-5-9-15)23-24-20(25)29-13-19(26)22-17-11-7-6-10-16(17)21/h2-11H,1,12-14H2,(H,22,26). The Balaban J connectivity index is 1.72. The van der Waals surface area contributed by atoms with E-state index in [-0.39, 0.29) is 28.1 Å². The van der Waals surface area contributed by atoms with Gasteiger partial charge in [0.05, 0.1) is 21.4 Å². The lowest BCUT2D eigenvalue weighted by Gasteiger charge is -2.09. The molecular weight excluding hydrogens is 444 g/mol. The Hall–Kier alpha value is -2.62. The molecule has 0 unspecified atom stereocenters. The van der Waals surface area contributed by atoms with Crippen LogP contribution in [0.3, 0.4) is 0 Å². The van der Waals surface area contributed by atoms with Crippen LogP contribution >= 0.6 is 23.4 Å². The number of sulfone groups is 1. The minimum absolute atomic E-state index is 0.0614. The first-order valence-electron chi connectivity index (χ1n) is 8.88. The lowest BCUT2D eigenvalue weighted by atomic mass is 10.3. The van der Waals surface area contributed by atoms with Gasteiger partial charge in [-0.05, 0) is 24.3 Å². The number of halogens is 1. The van der Waals surface area contributed by atoms with Crippen LogP contribution in [-0.4, -0.2) is 34.8 Å². The normalized spacial score (nSPS) is 11.2. The topological polar surface area (TPSA) is 93.9 Å². The molecule has 0 spiro atoms. The number of para-hydroxylation sites is 1. The van der Waals surface area contributed by atoms with Crippen molar-refractivity contribution in [1.29, 1.82) is 0 Å². The van der Waals surface area contributed by atoms with Crippen molar-refractivity contribution in [2.24, 2.45) is 0 Å². The number of nitrogens with zero attached hydrogens (tertiary/aromatic N) is 3. The molecule has 2 aromatic carbocycles. The van der Waals surface area contributed by atoms with Crippen LogP contribution in [0.15, 0.2) is 77.3 Å². The van der Waals surface area contributed by atoms with Crippen LogP contribution in [0.1, 0.15) is 5.82 Å². The van der Waals surface area contributed by atoms with Gasteiger partial charge < -0.3 is 9.88 Å². The number of aromatic nitrogens is 3. The van der Waals surface area contributed by atoms with Gasteiger partial charge in [0.15, 0.2) is 15.0 Å². The molecule has 1 N–H and O–H groups in total. The molecule has 1 aromatic heterocycles. The van der Waals surface area contributed by atoms with Crippen molar-refractivity contribution in [2.45, 2.75) is 22.3 Å². The zero-order valence-electron chi connectivity index (χ0n) is 15.9. The van der Waals surface area contributed by atoms with Gasteiger partial charge in [0.25, 0.3) is 0 Å². The third-order valence-corrected chi connectivity index (χ3v) is 6.93. The average molecular weight is 463 g/mol. The van der Waals surface area contributed by atoms with E-state index in [4.69, 9.17) is 11.6 Å². The number of rotatable bonds is 9. The molecule has 156 valence electrons. The monoisotopic (exact) mass is 462 g/mol. The molecule has 0 fully saturated rings. The SMILES string of the molecule is C=CCn1c(CS(=O)(=O)c2ccccc2)nnc1SCC(=O)Nc1ccccc1Cl. The summed E-state index contributed by atoms with van der Waals surface area (Å²) in [4.78, 5) is 12.5. The van der Waals surface area contributed by atoms with E-state index in [1.807, 2.05) is 0 Å². The molecule has 7 nitrogen and oxygen atoms in total. The van der Waals surface area contributed by atoms with Crippen LogP contribution in [0, 0.1) is 0 Å². The highest BCUT2D eigenvalue weighted by Gasteiger charge is 2.21. The van der Waals surface area contributed by atoms with E-state index in [0.717, 1.165) is 11.8 Å². The van der Waals surface area contributed by atoms with Crippen LogP contribution < -0.4 is 5.32 Å². The number of carbonyl (C=O) groups is 1. The van der Waals surface area contributed by atoms with Crippen LogP contribution in [0.5, 0.6) is 0 Å². The number of anilines is 1. The summed E-state index contributed by atoms with van der Waals surface area (Å²) in [5, 5.41) is 11.7. The van der Waals surface area contributed by atoms with Crippen molar-refractivity contribution in [2.75, 3.05) is 11.1 Å². The zero-order chi connectivity index (χ0) is 21.6. The summed E-state index contributed by atoms with van der Waals surface area (Å²) in [5.41, 5.74) is 0.520. The summed E-state index contributed by atoms with van der Waals surface area (Å²) in [6, 6.07) is 15.1. The first-order valence-corrected chi connectivity index (χ1v) is 11.9. The zero-order valence-corrected chi connectivity index (χ0v) is 18.3. The van der Waals surface area contributed by atoms with Crippen molar-refractivity contribution >= 4 is 44.8 Å². The molecular formula is C20H19ClN4O3S2. The Kier molecular flexibility index (Phi) is 7.30. The van der Waals surface area contributed by atoms with Gasteiger partial charge in [-0.15, -0.1) is 16.8 Å². The van der Waals surface area contributed by atoms with Crippen molar-refractivity contribution in [3.63, 3.8) is 0 Å². The summed E-state index contributed by atoms with van der Waals surface area (Å²) in [5.74, 6) is -0.219. The van der Waals surface area contributed by atoms with E-state index in [2.05, 4.69) is 22.1 Å². The van der Waals surface area contributed by atoms with Crippen LogP contribution in [-0.2, 0) is 26.9 Å². The summed E-state index contributed by atoms with van der Waals surface area (Å²) < 4.78 is 27.0. The number of amides is 1. The third kappa shape index (κ3) is 5.50. The number of allylic oxidation sites excluding steroid dienone is 1. The van der Waals surface area contributed by atoms with E-state index in [1.54, 1.807) is 53.1 Å². The fourth-order valence-electron chi connectivity index (χ4n) is 2.61. The molecule has 0 aliphatic heterocycles. The Labute approximate surface area is 184 Å². The first kappa shape index (κ1) is 22.1. The van der Waals surface area contributed by atoms with Gasteiger partial charge in [-0.1, -0.05) is 59.8 Å². The van der Waals surface area contributed by atoms with Crippen LogP contribution in [0.25, 0.3) is 0 Å². The molecule has 0 aliphatic carbocycles. The Morgan fingerprint density at radius 3 is 2.53 bits per heavy atom. The van der Waals surface area contributed by atoms with Crippen LogP contribution in [0.4, 0.5) is 5.69 Å². The molecule has 0 saturated carbocycles. The number of nitrogens with one attached hydrogen (secondary N) is 1. The quantitative estimate of drug-likeness (QED) is 0.383. The highest BCUT2D eigenvalue weighted by Crippen LogP contribution is 2.23. The first-order chi connectivity index (χ1) is 14.4. The van der Waals surface area contributed by atoms with E-state index < -0.39 is 9.84 Å². The van der Waals surface area contributed by atoms with Crippen molar-refractivity contribution in [3.05, 3.63) is 78.1 Å². The minimum Gasteiger partial charge on any atom is -0.324 e. The number of benzene rings is 2. The summed E-state index contributed by atoms with van der Waals surface area (Å²) in [6.45, 7) is 4.02. The molecule has 3 rings (SSSR count). The second kappa shape index (κ2) is 9.92. The van der Waals surface area contributed by atoms with Gasteiger partial charge in [-0.25, -0.2) is 8.42 Å². The van der Waals surface area contributed by atoms with Gasteiger partial charge in [-0.2, -0.15) is 0 Å². The highest BCUT2D eigenvalue weighted by molar-refractivity contribution is 7.99. The lowest BCUT2D eigenvalue weighted by molar-refractivity contribution is -0.113. The summed E-state index contributed by atoms with van der Waals surface area (Å²) in [7, 11) is -3.58. The molecule has 0 atom stereocenters. The largest absolute Gasteiger partial charge is 0.324 e. The number of thioether (sulfide) groups is 1. The second-order valence-corrected chi connectivity index (χ2v) is 9.53. The lowest BCUT2D eigenvalue weighted by Crippen LogP contribution is -2.15. The van der Waals surface area contributed by atoms with Gasteiger partial charge in [0, 0.05) is 6.54 Å². The van der Waals surface area contributed by atoms with Crippen molar-refractivity contribution in [3.8, 4) is 0 Å². The Morgan fingerprint density at radius 1 is 1.13 bits per heavy atom. The molecule has 1 heterocycles. The number of carbonyl (C=O) groups excluding carboxylic acids is 1. The minimum atomic E-state index is -3.58. The maximum absolute atomic E-state index is 12.7. The second-order valence-electron chi connectivity index (χ2n) is 6.19. The molecule has 10 heteroatoms. The van der Waals surface area contributed by atoms with Gasteiger partial charge in [-0.3, -0.25) is 4.79 Å². The van der Waals surface area contributed by atoms with E-state index >= 15 is 0 Å². The summed E-state index contributed by atoms with van der Waals surface area (Å²) in [6.07, 6.45) is 1.62. The predicted octanol–water partition coefficient (Wildman–Crippen LogP) is 3.82. The smallest absolute Gasteiger partial charge is 0.234 e. The Bertz CT molecular complexity index is 1150. The van der Waals surface area contributed by atoms with E-state index in [1.165, 1.54) is 12.1 Å². The average Bonchev–Trinajstić information content (AvgIpc) is 3.10. The number of hydrogen-bond donors (Lipinski definition) is 1. The van der Waals surface area contributed by atoms with E-state index in [9.17, 15) is 13.2 Å². The third-order valence-electron chi connectivity index (χ3n) is 4.01. The van der Waals surface area contributed by atoms with Crippen LogP contribution in [0.2, 0.25) is 5.02 Å². The highest BCUT2D eigenvalue weighted by atomic mass is 35.5.